The van der Waals surface area contributed by atoms with Crippen LogP contribution in [0.2, 0.25) is 0 Å². The molecule has 2 aliphatic heterocycles. The maximum absolute atomic E-state index is 13.9. The standard InChI is InChI=1S/C55H70O13/c1-8-9-22-31-61-51-49(68-53(58)55(5,6)7)48(63-35-41-29-20-13-21-30-41)46(43(65-51)37-60-33-39-25-16-11-17-26-39)66-50-44(56)47(67-52(57)54(2,3)4)45(62-34-40-27-18-12-19-28-40)42(64-50)36-59-32-38-23-14-10-15-24-38/h8,10-21,23-30,42-51,56H,1,9,22,31-37H2,2-7H3/t42-,43-,44-,45+,46-,47-,48+,49-,50+,51-/m1/s1. The van der Waals surface area contributed by atoms with Gasteiger partial charge in [-0.1, -0.05) is 127 Å². The van der Waals surface area contributed by atoms with Crippen LogP contribution in [0.4, 0.5) is 0 Å². The van der Waals surface area contributed by atoms with E-state index in [0.29, 0.717) is 12.8 Å². The fraction of sp³-hybridized carbons (Fsp3) is 0.491. The quantitative estimate of drug-likeness (QED) is 0.0430. The lowest BCUT2D eigenvalue weighted by atomic mass is 9.94. The highest BCUT2D eigenvalue weighted by atomic mass is 16.8. The van der Waals surface area contributed by atoms with Gasteiger partial charge in [0.2, 0.25) is 0 Å². The average Bonchev–Trinajstić information content (AvgIpc) is 3.32. The predicted molar refractivity (Wildman–Crippen MR) is 254 cm³/mol. The predicted octanol–water partition coefficient (Wildman–Crippen LogP) is 8.69. The van der Waals surface area contributed by atoms with Gasteiger partial charge in [-0.05, 0) is 76.6 Å². The molecule has 2 saturated heterocycles. The minimum absolute atomic E-state index is 0.0321. The normalized spacial score (nSPS) is 25.3. The summed E-state index contributed by atoms with van der Waals surface area (Å²) in [6.45, 7) is 15.2. The zero-order chi connectivity index (χ0) is 48.5. The molecule has 13 nitrogen and oxygen atoms in total. The van der Waals surface area contributed by atoms with Crippen LogP contribution < -0.4 is 0 Å². The maximum atomic E-state index is 13.9. The van der Waals surface area contributed by atoms with Crippen molar-refractivity contribution >= 4 is 11.9 Å². The Labute approximate surface area is 401 Å². The molecular formula is C55H70O13. The molecule has 0 radical (unpaired) electrons. The molecule has 6 rings (SSSR count). The van der Waals surface area contributed by atoms with E-state index in [9.17, 15) is 14.7 Å². The van der Waals surface area contributed by atoms with Gasteiger partial charge in [0.25, 0.3) is 0 Å². The molecular weight excluding hydrogens is 869 g/mol. The van der Waals surface area contributed by atoms with Gasteiger partial charge < -0.3 is 52.5 Å². The van der Waals surface area contributed by atoms with E-state index in [0.717, 1.165) is 22.3 Å². The lowest BCUT2D eigenvalue weighted by Gasteiger charge is -2.49. The molecule has 1 N–H and O–H groups in total. The number of aliphatic hydroxyl groups is 1. The first kappa shape index (κ1) is 52.6. The number of allylic oxidation sites excluding steroid dienone is 1. The van der Waals surface area contributed by atoms with Crippen LogP contribution in [-0.4, -0.2) is 98.3 Å². The lowest BCUT2D eigenvalue weighted by Crippen LogP contribution is -2.66. The fourth-order valence-corrected chi connectivity index (χ4v) is 7.55. The molecule has 0 aliphatic carbocycles. The number of ether oxygens (including phenoxy) is 10. The molecule has 4 aromatic rings. The number of rotatable bonds is 23. The van der Waals surface area contributed by atoms with Gasteiger partial charge >= 0.3 is 11.9 Å². The Balaban J connectivity index is 1.40. The summed E-state index contributed by atoms with van der Waals surface area (Å²) in [6.07, 6.45) is -8.72. The van der Waals surface area contributed by atoms with Gasteiger partial charge in [0.05, 0.1) is 57.1 Å². The molecule has 2 fully saturated rings. The smallest absolute Gasteiger partial charge is 0.311 e. The lowest BCUT2D eigenvalue weighted by molar-refractivity contribution is -0.368. The van der Waals surface area contributed by atoms with Crippen molar-refractivity contribution in [2.75, 3.05) is 19.8 Å². The van der Waals surface area contributed by atoms with Crippen LogP contribution >= 0.6 is 0 Å². The van der Waals surface area contributed by atoms with Gasteiger partial charge in [-0.2, -0.15) is 0 Å². The van der Waals surface area contributed by atoms with Crippen LogP contribution in [-0.2, 0) is 83.4 Å². The first-order valence-electron chi connectivity index (χ1n) is 23.5. The van der Waals surface area contributed by atoms with E-state index in [4.69, 9.17) is 47.4 Å². The van der Waals surface area contributed by atoms with E-state index in [1.807, 2.05) is 121 Å². The van der Waals surface area contributed by atoms with Crippen molar-refractivity contribution < 1.29 is 62.1 Å². The van der Waals surface area contributed by atoms with Crippen molar-refractivity contribution in [2.24, 2.45) is 10.8 Å². The van der Waals surface area contributed by atoms with E-state index in [1.54, 1.807) is 47.6 Å². The number of unbranched alkanes of at least 4 members (excludes halogenated alkanes) is 1. The van der Waals surface area contributed by atoms with Crippen LogP contribution in [0.25, 0.3) is 0 Å². The molecule has 0 saturated carbocycles. The summed E-state index contributed by atoms with van der Waals surface area (Å²) in [5.74, 6) is -1.09. The van der Waals surface area contributed by atoms with Gasteiger partial charge in [0.15, 0.2) is 24.8 Å². The van der Waals surface area contributed by atoms with Gasteiger partial charge in [-0.3, -0.25) is 9.59 Å². The number of carbonyl (C=O) groups is 2. The van der Waals surface area contributed by atoms with Crippen LogP contribution in [0.3, 0.4) is 0 Å². The molecule has 10 atom stereocenters. The van der Waals surface area contributed by atoms with Crippen molar-refractivity contribution in [3.63, 3.8) is 0 Å². The van der Waals surface area contributed by atoms with E-state index >= 15 is 0 Å². The van der Waals surface area contributed by atoms with Gasteiger partial charge in [-0.25, -0.2) is 0 Å². The Kier molecular flexibility index (Phi) is 19.9. The van der Waals surface area contributed by atoms with Gasteiger partial charge in [0.1, 0.15) is 36.6 Å². The Morgan fingerprint density at radius 1 is 0.544 bits per heavy atom. The monoisotopic (exact) mass is 938 g/mol. The third kappa shape index (κ3) is 15.6. The molecule has 4 aromatic carbocycles. The molecule has 0 unspecified atom stereocenters. The minimum Gasteiger partial charge on any atom is -0.456 e. The Morgan fingerprint density at radius 2 is 0.956 bits per heavy atom. The summed E-state index contributed by atoms with van der Waals surface area (Å²) in [5.41, 5.74) is 1.70. The Morgan fingerprint density at radius 3 is 1.41 bits per heavy atom. The van der Waals surface area contributed by atoms with Gasteiger partial charge in [0, 0.05) is 0 Å². The van der Waals surface area contributed by atoms with Crippen LogP contribution in [0, 0.1) is 10.8 Å². The van der Waals surface area contributed by atoms with E-state index in [2.05, 4.69) is 6.58 Å². The van der Waals surface area contributed by atoms with Gasteiger partial charge in [-0.15, -0.1) is 6.58 Å². The number of aliphatic hydroxyl groups excluding tert-OH is 1. The first-order valence-corrected chi connectivity index (χ1v) is 23.5. The highest BCUT2D eigenvalue weighted by molar-refractivity contribution is 5.76. The zero-order valence-electron chi connectivity index (χ0n) is 40.3. The van der Waals surface area contributed by atoms with Crippen molar-refractivity contribution in [1.29, 1.82) is 0 Å². The number of carbonyl (C=O) groups excluding carboxylic acids is 2. The fourth-order valence-electron chi connectivity index (χ4n) is 7.55. The van der Waals surface area contributed by atoms with Crippen molar-refractivity contribution in [1.82, 2.24) is 0 Å². The number of hydrogen-bond donors (Lipinski definition) is 1. The van der Waals surface area contributed by atoms with Crippen molar-refractivity contribution in [2.45, 2.75) is 142 Å². The molecule has 2 heterocycles. The second-order valence-electron chi connectivity index (χ2n) is 19.2. The molecule has 2 aliphatic rings. The second-order valence-corrected chi connectivity index (χ2v) is 19.2. The third-order valence-electron chi connectivity index (χ3n) is 11.4. The summed E-state index contributed by atoms with van der Waals surface area (Å²) in [7, 11) is 0. The number of benzene rings is 4. The first-order chi connectivity index (χ1) is 32.7. The largest absolute Gasteiger partial charge is 0.456 e. The van der Waals surface area contributed by atoms with Crippen LogP contribution in [0.1, 0.15) is 76.6 Å². The molecule has 368 valence electrons. The third-order valence-corrected chi connectivity index (χ3v) is 11.4. The summed E-state index contributed by atoms with van der Waals surface area (Å²) in [5, 5.41) is 12.5. The van der Waals surface area contributed by atoms with E-state index in [1.165, 1.54) is 0 Å². The highest BCUT2D eigenvalue weighted by Crippen LogP contribution is 2.37. The molecule has 13 heteroatoms. The highest BCUT2D eigenvalue weighted by Gasteiger charge is 2.56. The molecule has 0 bridgehead atoms. The van der Waals surface area contributed by atoms with Crippen LogP contribution in [0.5, 0.6) is 0 Å². The van der Waals surface area contributed by atoms with E-state index < -0.39 is 84.2 Å². The Hall–Kier alpha value is -4.80. The van der Waals surface area contributed by atoms with Crippen molar-refractivity contribution in [3.05, 3.63) is 156 Å². The number of esters is 2. The average molecular weight is 939 g/mol. The molecule has 0 amide bonds. The van der Waals surface area contributed by atoms with Crippen molar-refractivity contribution in [3.8, 4) is 0 Å². The molecule has 0 aromatic heterocycles. The summed E-state index contributed by atoms with van der Waals surface area (Å²) >= 11 is 0. The Bertz CT molecular complexity index is 2090. The zero-order valence-corrected chi connectivity index (χ0v) is 40.3. The maximum Gasteiger partial charge on any atom is 0.311 e. The second kappa shape index (κ2) is 25.7. The molecule has 0 spiro atoms. The number of hydrogen-bond acceptors (Lipinski definition) is 13. The summed E-state index contributed by atoms with van der Waals surface area (Å²) in [4.78, 5) is 27.7. The molecule has 68 heavy (non-hydrogen) atoms. The summed E-state index contributed by atoms with van der Waals surface area (Å²) in [6, 6.07) is 38.5. The minimum atomic E-state index is -1.61. The van der Waals surface area contributed by atoms with E-state index in [-0.39, 0.29) is 46.2 Å². The topological polar surface area (TPSA) is 147 Å². The SMILES string of the molecule is C=CCCCO[C@@H]1O[C@H](COCc2ccccc2)[C@@H](O[C@@H]2O[C@H](COCc3ccccc3)[C@H](OCc3ccccc3)[C@H](OC(=O)C(C)(C)C)[C@H]2O)[C@H](OCc2ccccc2)[C@H]1OC(=O)C(C)(C)C. The van der Waals surface area contributed by atoms with Crippen LogP contribution in [0.15, 0.2) is 134 Å². The summed E-state index contributed by atoms with van der Waals surface area (Å²) < 4.78 is 65.5.